The van der Waals surface area contributed by atoms with Gasteiger partial charge in [0.05, 0.1) is 0 Å². The summed E-state index contributed by atoms with van der Waals surface area (Å²) in [6, 6.07) is 12.0. The van der Waals surface area contributed by atoms with Gasteiger partial charge in [-0.05, 0) is 31.4 Å². The minimum atomic E-state index is -0.178. The average Bonchev–Trinajstić information content (AvgIpc) is 3.29. The number of rotatable bonds is 5. The number of aryl methyl sites for hydroxylation is 1. The Balaban J connectivity index is 1.67. The molecule has 0 atom stereocenters. The largest absolute Gasteiger partial charge is 0.351 e. The predicted molar refractivity (Wildman–Crippen MR) is 81.0 cm³/mol. The first-order valence-electron chi connectivity index (χ1n) is 7.15. The summed E-state index contributed by atoms with van der Waals surface area (Å²) in [6.07, 6.45) is 2.29. The van der Waals surface area contributed by atoms with Crippen molar-refractivity contribution in [3.8, 4) is 0 Å². The first-order valence-corrected chi connectivity index (χ1v) is 7.15. The Hall–Kier alpha value is -2.43. The van der Waals surface area contributed by atoms with Crippen LogP contribution in [0.5, 0.6) is 0 Å². The third-order valence-electron chi connectivity index (χ3n) is 3.29. The molecule has 1 amide bonds. The standard InChI is InChI=1S/C16H18N4O/c1-11-9-14(20-16(18-11)19-13-7-8-13)15(21)17-10-12-5-3-2-4-6-12/h2-6,9,13H,7-8,10H2,1H3,(H,17,21)(H,18,19,20). The highest BCUT2D eigenvalue weighted by molar-refractivity contribution is 5.92. The van der Waals surface area contributed by atoms with E-state index in [-0.39, 0.29) is 5.91 Å². The smallest absolute Gasteiger partial charge is 0.270 e. The van der Waals surface area contributed by atoms with Crippen molar-refractivity contribution in [2.45, 2.75) is 32.4 Å². The minimum absolute atomic E-state index is 0.178. The molecule has 1 aromatic carbocycles. The van der Waals surface area contributed by atoms with E-state index in [1.807, 2.05) is 37.3 Å². The number of hydrogen-bond acceptors (Lipinski definition) is 4. The van der Waals surface area contributed by atoms with Crippen molar-refractivity contribution in [2.75, 3.05) is 5.32 Å². The van der Waals surface area contributed by atoms with Crippen LogP contribution in [0.1, 0.15) is 34.6 Å². The van der Waals surface area contributed by atoms with Gasteiger partial charge in [0.1, 0.15) is 5.69 Å². The van der Waals surface area contributed by atoms with Gasteiger partial charge in [-0.3, -0.25) is 4.79 Å². The summed E-state index contributed by atoms with van der Waals surface area (Å²) in [5, 5.41) is 6.11. The van der Waals surface area contributed by atoms with Gasteiger partial charge < -0.3 is 10.6 Å². The molecule has 1 fully saturated rings. The van der Waals surface area contributed by atoms with Gasteiger partial charge in [0, 0.05) is 18.3 Å². The SMILES string of the molecule is Cc1cc(C(=O)NCc2ccccc2)nc(NC2CC2)n1. The van der Waals surface area contributed by atoms with Crippen molar-refractivity contribution >= 4 is 11.9 Å². The van der Waals surface area contributed by atoms with Crippen LogP contribution in [0.25, 0.3) is 0 Å². The van der Waals surface area contributed by atoms with Gasteiger partial charge >= 0.3 is 0 Å². The van der Waals surface area contributed by atoms with E-state index >= 15 is 0 Å². The summed E-state index contributed by atoms with van der Waals surface area (Å²) < 4.78 is 0. The van der Waals surface area contributed by atoms with E-state index in [4.69, 9.17) is 0 Å². The van der Waals surface area contributed by atoms with Crippen LogP contribution in [-0.2, 0) is 6.54 Å². The molecule has 1 saturated carbocycles. The number of aromatic nitrogens is 2. The molecule has 3 rings (SSSR count). The van der Waals surface area contributed by atoms with Gasteiger partial charge in [0.2, 0.25) is 5.95 Å². The zero-order valence-electron chi connectivity index (χ0n) is 12.0. The first kappa shape index (κ1) is 13.5. The van der Waals surface area contributed by atoms with Crippen molar-refractivity contribution in [3.05, 3.63) is 53.3 Å². The fourth-order valence-electron chi connectivity index (χ4n) is 2.03. The summed E-state index contributed by atoms with van der Waals surface area (Å²) in [5.41, 5.74) is 2.26. The number of nitrogens with one attached hydrogen (secondary N) is 2. The quantitative estimate of drug-likeness (QED) is 0.883. The molecule has 1 heterocycles. The second-order valence-electron chi connectivity index (χ2n) is 5.31. The summed E-state index contributed by atoms with van der Waals surface area (Å²) in [4.78, 5) is 20.8. The molecule has 0 spiro atoms. The summed E-state index contributed by atoms with van der Waals surface area (Å²) in [7, 11) is 0. The van der Waals surface area contributed by atoms with Crippen LogP contribution in [0.15, 0.2) is 36.4 Å². The minimum Gasteiger partial charge on any atom is -0.351 e. The molecule has 2 N–H and O–H groups in total. The molecule has 1 aliphatic carbocycles. The lowest BCUT2D eigenvalue weighted by atomic mass is 10.2. The lowest BCUT2D eigenvalue weighted by Gasteiger charge is -2.08. The fraction of sp³-hybridized carbons (Fsp3) is 0.312. The average molecular weight is 282 g/mol. The molecule has 0 radical (unpaired) electrons. The van der Waals surface area contributed by atoms with Gasteiger partial charge in [-0.25, -0.2) is 9.97 Å². The number of nitrogens with zero attached hydrogens (tertiary/aromatic N) is 2. The number of amides is 1. The Labute approximate surface area is 123 Å². The number of anilines is 1. The molecule has 2 aromatic rings. The number of hydrogen-bond donors (Lipinski definition) is 2. The van der Waals surface area contributed by atoms with Crippen molar-refractivity contribution in [1.29, 1.82) is 0 Å². The second-order valence-corrected chi connectivity index (χ2v) is 5.31. The predicted octanol–water partition coefficient (Wildman–Crippen LogP) is 2.29. The van der Waals surface area contributed by atoms with Crippen molar-refractivity contribution in [3.63, 3.8) is 0 Å². The Bertz CT molecular complexity index is 638. The van der Waals surface area contributed by atoms with Gasteiger partial charge in [-0.1, -0.05) is 30.3 Å². The molecule has 0 aliphatic heterocycles. The van der Waals surface area contributed by atoms with Crippen LogP contribution in [-0.4, -0.2) is 21.9 Å². The van der Waals surface area contributed by atoms with E-state index in [9.17, 15) is 4.79 Å². The highest BCUT2D eigenvalue weighted by atomic mass is 16.1. The maximum atomic E-state index is 12.2. The van der Waals surface area contributed by atoms with Crippen molar-refractivity contribution < 1.29 is 4.79 Å². The molecule has 0 saturated heterocycles. The number of benzene rings is 1. The summed E-state index contributed by atoms with van der Waals surface area (Å²) >= 11 is 0. The van der Waals surface area contributed by atoms with Gasteiger partial charge in [-0.15, -0.1) is 0 Å². The van der Waals surface area contributed by atoms with Crippen LogP contribution in [0.2, 0.25) is 0 Å². The zero-order chi connectivity index (χ0) is 14.7. The monoisotopic (exact) mass is 282 g/mol. The van der Waals surface area contributed by atoms with E-state index in [0.717, 1.165) is 24.1 Å². The molecule has 21 heavy (non-hydrogen) atoms. The highest BCUT2D eigenvalue weighted by Crippen LogP contribution is 2.23. The highest BCUT2D eigenvalue weighted by Gasteiger charge is 2.22. The van der Waals surface area contributed by atoms with E-state index in [0.29, 0.717) is 24.2 Å². The number of carbonyl (C=O) groups excluding carboxylic acids is 1. The van der Waals surface area contributed by atoms with Crippen molar-refractivity contribution in [2.24, 2.45) is 0 Å². The first-order chi connectivity index (χ1) is 10.2. The molecule has 5 heteroatoms. The zero-order valence-corrected chi connectivity index (χ0v) is 12.0. The third kappa shape index (κ3) is 3.78. The summed E-state index contributed by atoms with van der Waals surface area (Å²) in [6.45, 7) is 2.36. The molecule has 1 aliphatic rings. The molecule has 0 bridgehead atoms. The Kier molecular flexibility index (Phi) is 3.81. The van der Waals surface area contributed by atoms with Crippen LogP contribution in [0.4, 0.5) is 5.95 Å². The molecule has 1 aromatic heterocycles. The van der Waals surface area contributed by atoms with Crippen LogP contribution < -0.4 is 10.6 Å². The molecular formula is C16H18N4O. The molecule has 0 unspecified atom stereocenters. The normalized spacial score (nSPS) is 13.8. The maximum absolute atomic E-state index is 12.2. The molecule has 108 valence electrons. The van der Waals surface area contributed by atoms with Crippen LogP contribution in [0, 0.1) is 6.92 Å². The lowest BCUT2D eigenvalue weighted by molar-refractivity contribution is 0.0945. The second kappa shape index (κ2) is 5.91. The van der Waals surface area contributed by atoms with Crippen LogP contribution >= 0.6 is 0 Å². The van der Waals surface area contributed by atoms with E-state index in [1.165, 1.54) is 0 Å². The lowest BCUT2D eigenvalue weighted by Crippen LogP contribution is -2.24. The van der Waals surface area contributed by atoms with E-state index in [1.54, 1.807) is 6.07 Å². The Morgan fingerprint density at radius 2 is 2.00 bits per heavy atom. The van der Waals surface area contributed by atoms with Crippen LogP contribution in [0.3, 0.4) is 0 Å². The topological polar surface area (TPSA) is 66.9 Å². The van der Waals surface area contributed by atoms with E-state index in [2.05, 4.69) is 20.6 Å². The summed E-state index contributed by atoms with van der Waals surface area (Å²) in [5.74, 6) is 0.366. The van der Waals surface area contributed by atoms with Gasteiger partial charge in [0.25, 0.3) is 5.91 Å². The Morgan fingerprint density at radius 3 is 2.71 bits per heavy atom. The van der Waals surface area contributed by atoms with E-state index < -0.39 is 0 Å². The number of carbonyl (C=O) groups is 1. The fourth-order valence-corrected chi connectivity index (χ4v) is 2.03. The Morgan fingerprint density at radius 1 is 1.24 bits per heavy atom. The molecule has 5 nitrogen and oxygen atoms in total. The third-order valence-corrected chi connectivity index (χ3v) is 3.29. The molecular weight excluding hydrogens is 264 g/mol. The van der Waals surface area contributed by atoms with Crippen molar-refractivity contribution in [1.82, 2.24) is 15.3 Å². The van der Waals surface area contributed by atoms with Gasteiger partial charge in [0.15, 0.2) is 0 Å². The van der Waals surface area contributed by atoms with Gasteiger partial charge in [-0.2, -0.15) is 0 Å². The maximum Gasteiger partial charge on any atom is 0.270 e.